The summed E-state index contributed by atoms with van der Waals surface area (Å²) in [5.74, 6) is 1.08. The lowest BCUT2D eigenvalue weighted by molar-refractivity contribution is -0.142. The van der Waals surface area contributed by atoms with E-state index in [4.69, 9.17) is 0 Å². The third kappa shape index (κ3) is 2.66. The second-order valence-electron chi connectivity index (χ2n) is 2.92. The topological polar surface area (TPSA) is 26.3 Å². The smallest absolute Gasteiger partial charge is 0.305 e. The summed E-state index contributed by atoms with van der Waals surface area (Å²) >= 11 is 1.61. The van der Waals surface area contributed by atoms with Crippen LogP contribution in [0.2, 0.25) is 0 Å². The van der Waals surface area contributed by atoms with E-state index < -0.39 is 6.17 Å². The molecule has 1 aliphatic rings. The summed E-state index contributed by atoms with van der Waals surface area (Å²) in [6.07, 6.45) is 0.196. The molecular weight excluding hydrogens is 179 g/mol. The van der Waals surface area contributed by atoms with Gasteiger partial charge in [0.25, 0.3) is 0 Å². The van der Waals surface area contributed by atoms with Crippen molar-refractivity contribution >= 4 is 17.7 Å². The Morgan fingerprint density at radius 3 is 3.08 bits per heavy atom. The van der Waals surface area contributed by atoms with Crippen molar-refractivity contribution in [3.63, 3.8) is 0 Å². The van der Waals surface area contributed by atoms with Crippen molar-refractivity contribution in [3.8, 4) is 0 Å². The van der Waals surface area contributed by atoms with Crippen LogP contribution in [0.5, 0.6) is 0 Å². The molecule has 0 bridgehead atoms. The molecule has 1 aliphatic heterocycles. The van der Waals surface area contributed by atoms with Crippen LogP contribution in [0.4, 0.5) is 4.39 Å². The molecule has 1 rings (SSSR count). The highest BCUT2D eigenvalue weighted by atomic mass is 32.2. The number of hydrogen-bond donors (Lipinski definition) is 0. The van der Waals surface area contributed by atoms with E-state index in [9.17, 15) is 9.18 Å². The predicted molar refractivity (Wildman–Crippen MR) is 47.0 cm³/mol. The Kier molecular flexibility index (Phi) is 3.85. The number of halogens is 1. The number of esters is 1. The van der Waals surface area contributed by atoms with Crippen LogP contribution >= 0.6 is 11.8 Å². The van der Waals surface area contributed by atoms with Crippen molar-refractivity contribution < 1.29 is 13.9 Å². The molecule has 0 radical (unpaired) electrons. The van der Waals surface area contributed by atoms with E-state index in [1.807, 2.05) is 0 Å². The summed E-state index contributed by atoms with van der Waals surface area (Å²) in [5, 5.41) is 0. The lowest BCUT2D eigenvalue weighted by Crippen LogP contribution is -2.26. The largest absolute Gasteiger partial charge is 0.469 e. The fourth-order valence-electron chi connectivity index (χ4n) is 1.27. The van der Waals surface area contributed by atoms with Crippen LogP contribution in [-0.2, 0) is 9.53 Å². The van der Waals surface area contributed by atoms with Crippen LogP contribution in [0.3, 0.4) is 0 Å². The standard InChI is InChI=1S/C8H13FO2S/c1-11-8(10)4-6-2-3-12-5-7(6)9/h6-7H,2-5H2,1H3/t6-,7-/m1/s1. The number of thioether (sulfide) groups is 1. The maximum absolute atomic E-state index is 13.1. The number of carbonyl (C=O) groups excluding carboxylic acids is 1. The van der Waals surface area contributed by atoms with Crippen molar-refractivity contribution in [2.24, 2.45) is 5.92 Å². The van der Waals surface area contributed by atoms with Crippen molar-refractivity contribution in [1.29, 1.82) is 0 Å². The Morgan fingerprint density at radius 2 is 2.50 bits per heavy atom. The SMILES string of the molecule is COC(=O)C[C@H]1CCSC[C@H]1F. The second kappa shape index (κ2) is 4.70. The molecule has 1 saturated heterocycles. The van der Waals surface area contributed by atoms with Crippen molar-refractivity contribution in [2.45, 2.75) is 19.0 Å². The molecule has 0 saturated carbocycles. The average Bonchev–Trinajstić information content (AvgIpc) is 2.09. The average molecular weight is 192 g/mol. The molecule has 0 N–H and O–H groups in total. The number of alkyl halides is 1. The van der Waals surface area contributed by atoms with Crippen LogP contribution in [0.1, 0.15) is 12.8 Å². The van der Waals surface area contributed by atoms with Crippen LogP contribution in [0.25, 0.3) is 0 Å². The number of hydrogen-bond acceptors (Lipinski definition) is 3. The minimum atomic E-state index is -0.831. The van der Waals surface area contributed by atoms with E-state index in [-0.39, 0.29) is 18.3 Å². The van der Waals surface area contributed by atoms with Crippen molar-refractivity contribution in [2.75, 3.05) is 18.6 Å². The Balaban J connectivity index is 2.33. The molecule has 0 aromatic heterocycles. The summed E-state index contributed by atoms with van der Waals surface area (Å²) in [6, 6.07) is 0. The highest BCUT2D eigenvalue weighted by molar-refractivity contribution is 7.99. The minimum absolute atomic E-state index is 0.112. The number of rotatable bonds is 2. The molecule has 70 valence electrons. The number of ether oxygens (including phenoxy) is 1. The Hall–Kier alpha value is -0.250. The van der Waals surface area contributed by atoms with Crippen LogP contribution < -0.4 is 0 Å². The third-order valence-corrected chi connectivity index (χ3v) is 3.16. The minimum Gasteiger partial charge on any atom is -0.469 e. The zero-order valence-corrected chi connectivity index (χ0v) is 7.90. The second-order valence-corrected chi connectivity index (χ2v) is 4.07. The predicted octanol–water partition coefficient (Wildman–Crippen LogP) is 1.64. The highest BCUT2D eigenvalue weighted by Crippen LogP contribution is 2.28. The fourth-order valence-corrected chi connectivity index (χ4v) is 2.41. The van der Waals surface area contributed by atoms with Crippen molar-refractivity contribution in [1.82, 2.24) is 0 Å². The van der Waals surface area contributed by atoms with Gasteiger partial charge in [0.2, 0.25) is 0 Å². The van der Waals surface area contributed by atoms with Gasteiger partial charge in [-0.2, -0.15) is 11.8 Å². The molecule has 0 amide bonds. The number of carbonyl (C=O) groups is 1. The molecule has 0 aromatic rings. The first-order valence-corrected chi connectivity index (χ1v) is 5.18. The summed E-state index contributed by atoms with van der Waals surface area (Å²) in [5.41, 5.74) is 0. The molecular formula is C8H13FO2S. The zero-order valence-electron chi connectivity index (χ0n) is 7.09. The van der Waals surface area contributed by atoms with Gasteiger partial charge in [0.1, 0.15) is 6.17 Å². The van der Waals surface area contributed by atoms with Gasteiger partial charge in [0.15, 0.2) is 0 Å². The van der Waals surface area contributed by atoms with Gasteiger partial charge in [0, 0.05) is 11.7 Å². The molecule has 0 aliphatic carbocycles. The molecule has 1 fully saturated rings. The van der Waals surface area contributed by atoms with Crippen molar-refractivity contribution in [3.05, 3.63) is 0 Å². The van der Waals surface area contributed by atoms with Crippen LogP contribution in [0, 0.1) is 5.92 Å². The molecule has 0 unspecified atom stereocenters. The summed E-state index contributed by atoms with van der Waals surface area (Å²) in [6.45, 7) is 0. The third-order valence-electron chi connectivity index (χ3n) is 2.08. The molecule has 1 heterocycles. The molecule has 0 aromatic carbocycles. The van der Waals surface area contributed by atoms with Gasteiger partial charge in [0.05, 0.1) is 13.5 Å². The van der Waals surface area contributed by atoms with Gasteiger partial charge in [-0.05, 0) is 12.2 Å². The van der Waals surface area contributed by atoms with E-state index in [1.54, 1.807) is 11.8 Å². The molecule has 4 heteroatoms. The highest BCUT2D eigenvalue weighted by Gasteiger charge is 2.27. The first kappa shape index (κ1) is 9.84. The first-order chi connectivity index (χ1) is 5.74. The Bertz CT molecular complexity index is 163. The van der Waals surface area contributed by atoms with Crippen LogP contribution in [-0.4, -0.2) is 30.8 Å². The normalized spacial score (nSPS) is 29.8. The summed E-state index contributed by atoms with van der Waals surface area (Å²) < 4.78 is 17.6. The summed E-state index contributed by atoms with van der Waals surface area (Å²) in [4.78, 5) is 10.8. The monoisotopic (exact) mass is 192 g/mol. The van der Waals surface area contributed by atoms with Gasteiger partial charge in [-0.1, -0.05) is 0 Å². The van der Waals surface area contributed by atoms with Gasteiger partial charge < -0.3 is 4.74 Å². The molecule has 0 spiro atoms. The molecule has 2 nitrogen and oxygen atoms in total. The van der Waals surface area contributed by atoms with E-state index in [0.29, 0.717) is 5.75 Å². The zero-order chi connectivity index (χ0) is 8.97. The van der Waals surface area contributed by atoms with E-state index >= 15 is 0 Å². The van der Waals surface area contributed by atoms with Crippen LogP contribution in [0.15, 0.2) is 0 Å². The lowest BCUT2D eigenvalue weighted by Gasteiger charge is -2.24. The van der Waals surface area contributed by atoms with E-state index in [2.05, 4.69) is 4.74 Å². The quantitative estimate of drug-likeness (QED) is 0.622. The maximum atomic E-state index is 13.1. The van der Waals surface area contributed by atoms with Gasteiger partial charge >= 0.3 is 5.97 Å². The molecule has 2 atom stereocenters. The lowest BCUT2D eigenvalue weighted by atomic mass is 9.97. The van der Waals surface area contributed by atoms with Gasteiger partial charge in [-0.3, -0.25) is 4.79 Å². The maximum Gasteiger partial charge on any atom is 0.305 e. The van der Waals surface area contributed by atoms with E-state index in [0.717, 1.165) is 12.2 Å². The Labute approximate surface area is 75.9 Å². The Morgan fingerprint density at radius 1 is 1.75 bits per heavy atom. The fraction of sp³-hybridized carbons (Fsp3) is 0.875. The molecule has 12 heavy (non-hydrogen) atoms. The van der Waals surface area contributed by atoms with Gasteiger partial charge in [-0.15, -0.1) is 0 Å². The number of methoxy groups -OCH3 is 1. The van der Waals surface area contributed by atoms with Gasteiger partial charge in [-0.25, -0.2) is 4.39 Å². The summed E-state index contributed by atoms with van der Waals surface area (Å²) in [7, 11) is 1.34. The van der Waals surface area contributed by atoms with E-state index in [1.165, 1.54) is 7.11 Å². The first-order valence-electron chi connectivity index (χ1n) is 4.02.